The van der Waals surface area contributed by atoms with Gasteiger partial charge in [0.15, 0.2) is 0 Å². The molecule has 0 spiro atoms. The topological polar surface area (TPSA) is 29.5 Å². The van der Waals surface area contributed by atoms with Crippen LogP contribution in [0, 0.1) is 0 Å². The van der Waals surface area contributed by atoms with E-state index < -0.39 is 0 Å². The van der Waals surface area contributed by atoms with E-state index in [1.54, 1.807) is 11.0 Å². The van der Waals surface area contributed by atoms with Crippen molar-refractivity contribution in [3.05, 3.63) is 45.8 Å². The maximum Gasteiger partial charge on any atom is 0.266 e. The Morgan fingerprint density at radius 1 is 1.50 bits per heavy atom. The lowest BCUT2D eigenvalue weighted by atomic mass is 10.2. The van der Waals surface area contributed by atoms with Gasteiger partial charge >= 0.3 is 0 Å². The molecule has 1 amide bonds. The van der Waals surface area contributed by atoms with Gasteiger partial charge in [0.05, 0.1) is 11.5 Å². The zero-order chi connectivity index (χ0) is 16.1. The molecule has 1 aromatic rings. The highest BCUT2D eigenvalue weighted by Crippen LogP contribution is 2.35. The fourth-order valence-corrected chi connectivity index (χ4v) is 3.55. The molecule has 2 rings (SSSR count). The standard InChI is InChI=1S/C16H16BrNO2S2/c1-3-7-18-15(19)14(22-16(18)21)10-11-9-12(17)5-6-13(11)20-8-4-2/h3,5-6,9-10H,1,4,7-8H2,2H3/b14-10-. The summed E-state index contributed by atoms with van der Waals surface area (Å²) in [5.41, 5.74) is 0.863. The largest absolute Gasteiger partial charge is 0.493 e. The fourth-order valence-electron chi connectivity index (χ4n) is 1.90. The van der Waals surface area contributed by atoms with Crippen LogP contribution < -0.4 is 4.74 Å². The Morgan fingerprint density at radius 3 is 2.95 bits per heavy atom. The lowest BCUT2D eigenvalue weighted by molar-refractivity contribution is -0.121. The molecule has 1 saturated heterocycles. The number of amides is 1. The predicted octanol–water partition coefficient (Wildman–Crippen LogP) is 4.63. The summed E-state index contributed by atoms with van der Waals surface area (Å²) in [5, 5.41) is 0. The number of halogens is 1. The minimum atomic E-state index is -0.0867. The monoisotopic (exact) mass is 397 g/mol. The lowest BCUT2D eigenvalue weighted by Crippen LogP contribution is -2.27. The maximum absolute atomic E-state index is 12.4. The molecule has 0 aromatic heterocycles. The van der Waals surface area contributed by atoms with Gasteiger partial charge in [-0.1, -0.05) is 52.9 Å². The summed E-state index contributed by atoms with van der Waals surface area (Å²) in [6.45, 7) is 6.78. The van der Waals surface area contributed by atoms with E-state index in [4.69, 9.17) is 17.0 Å². The molecule has 0 radical (unpaired) electrons. The number of thioether (sulfide) groups is 1. The third-order valence-electron chi connectivity index (χ3n) is 2.91. The van der Waals surface area contributed by atoms with Crippen molar-refractivity contribution in [3.63, 3.8) is 0 Å². The van der Waals surface area contributed by atoms with Crippen LogP contribution >= 0.6 is 39.9 Å². The van der Waals surface area contributed by atoms with Crippen molar-refractivity contribution in [1.29, 1.82) is 0 Å². The molecule has 3 nitrogen and oxygen atoms in total. The summed E-state index contributed by atoms with van der Waals surface area (Å²) in [4.78, 5) is 14.5. The molecule has 0 N–H and O–H groups in total. The lowest BCUT2D eigenvalue weighted by Gasteiger charge is -2.11. The normalized spacial score (nSPS) is 16.5. The van der Waals surface area contributed by atoms with E-state index in [1.165, 1.54) is 11.8 Å². The van der Waals surface area contributed by atoms with Crippen LogP contribution in [0.1, 0.15) is 18.9 Å². The highest BCUT2D eigenvalue weighted by molar-refractivity contribution is 9.10. The predicted molar refractivity (Wildman–Crippen MR) is 100 cm³/mol. The van der Waals surface area contributed by atoms with Crippen molar-refractivity contribution in [1.82, 2.24) is 4.90 Å². The molecule has 116 valence electrons. The first-order chi connectivity index (χ1) is 10.6. The molecule has 1 heterocycles. The average Bonchev–Trinajstić information content (AvgIpc) is 2.74. The van der Waals surface area contributed by atoms with E-state index in [-0.39, 0.29) is 5.91 Å². The molecule has 0 saturated carbocycles. The molecule has 0 aliphatic carbocycles. The molecule has 22 heavy (non-hydrogen) atoms. The van der Waals surface area contributed by atoms with Gasteiger partial charge in [-0.05, 0) is 30.7 Å². The van der Waals surface area contributed by atoms with Gasteiger partial charge in [-0.3, -0.25) is 9.69 Å². The van der Waals surface area contributed by atoms with Crippen LogP contribution in [0.3, 0.4) is 0 Å². The number of carbonyl (C=O) groups excluding carboxylic acids is 1. The summed E-state index contributed by atoms with van der Waals surface area (Å²) < 4.78 is 7.23. The van der Waals surface area contributed by atoms with Crippen molar-refractivity contribution in [2.75, 3.05) is 13.2 Å². The van der Waals surface area contributed by atoms with Crippen molar-refractivity contribution < 1.29 is 9.53 Å². The summed E-state index contributed by atoms with van der Waals surface area (Å²) in [5.74, 6) is 0.676. The van der Waals surface area contributed by atoms with Gasteiger partial charge in [0.1, 0.15) is 10.1 Å². The van der Waals surface area contributed by atoms with Crippen molar-refractivity contribution >= 4 is 56.2 Å². The third kappa shape index (κ3) is 4.00. The second-order valence-electron chi connectivity index (χ2n) is 4.61. The molecule has 0 bridgehead atoms. The van der Waals surface area contributed by atoms with Crippen LogP contribution in [0.4, 0.5) is 0 Å². The summed E-state index contributed by atoms with van der Waals surface area (Å²) >= 11 is 10.0. The molecule has 6 heteroatoms. The number of carbonyl (C=O) groups is 1. The molecule has 1 aromatic carbocycles. The first kappa shape index (κ1) is 17.2. The highest BCUT2D eigenvalue weighted by Gasteiger charge is 2.31. The van der Waals surface area contributed by atoms with Gasteiger partial charge in [-0.2, -0.15) is 0 Å². The average molecular weight is 398 g/mol. The van der Waals surface area contributed by atoms with Crippen LogP contribution in [0.15, 0.2) is 40.2 Å². The number of nitrogens with zero attached hydrogens (tertiary/aromatic N) is 1. The van der Waals surface area contributed by atoms with E-state index in [1.807, 2.05) is 24.3 Å². The van der Waals surface area contributed by atoms with E-state index in [0.717, 1.165) is 22.2 Å². The van der Waals surface area contributed by atoms with Gasteiger partial charge in [-0.25, -0.2) is 0 Å². The maximum atomic E-state index is 12.4. The molecular formula is C16H16BrNO2S2. The summed E-state index contributed by atoms with van der Waals surface area (Å²) in [7, 11) is 0. The van der Waals surface area contributed by atoms with E-state index in [2.05, 4.69) is 29.4 Å². The minimum Gasteiger partial charge on any atom is -0.493 e. The van der Waals surface area contributed by atoms with Crippen molar-refractivity contribution in [2.45, 2.75) is 13.3 Å². The van der Waals surface area contributed by atoms with Gasteiger partial charge in [0, 0.05) is 16.6 Å². The SMILES string of the molecule is C=CCN1C(=O)/C(=C/c2cc(Br)ccc2OCCC)SC1=S. The molecule has 1 aliphatic heterocycles. The van der Waals surface area contributed by atoms with Crippen LogP contribution in [-0.2, 0) is 4.79 Å². The van der Waals surface area contributed by atoms with Gasteiger partial charge < -0.3 is 4.74 Å². The Balaban J connectivity index is 2.32. The number of hydrogen-bond acceptors (Lipinski definition) is 4. The molecule has 0 atom stereocenters. The molecular weight excluding hydrogens is 382 g/mol. The Bertz CT molecular complexity index is 643. The number of ether oxygens (including phenoxy) is 1. The first-order valence-electron chi connectivity index (χ1n) is 6.85. The summed E-state index contributed by atoms with van der Waals surface area (Å²) in [6, 6.07) is 5.76. The Labute approximate surface area is 148 Å². The number of hydrogen-bond donors (Lipinski definition) is 0. The van der Waals surface area contributed by atoms with E-state index >= 15 is 0 Å². The van der Waals surface area contributed by atoms with Gasteiger partial charge in [-0.15, -0.1) is 6.58 Å². The molecule has 0 unspecified atom stereocenters. The third-order valence-corrected chi connectivity index (χ3v) is 4.78. The van der Waals surface area contributed by atoms with Crippen molar-refractivity contribution in [2.24, 2.45) is 0 Å². The number of rotatable bonds is 6. The zero-order valence-electron chi connectivity index (χ0n) is 12.2. The first-order valence-corrected chi connectivity index (χ1v) is 8.87. The van der Waals surface area contributed by atoms with Gasteiger partial charge in [0.25, 0.3) is 5.91 Å². The Kier molecular flexibility index (Phi) is 6.23. The Morgan fingerprint density at radius 2 is 2.27 bits per heavy atom. The van der Waals surface area contributed by atoms with Crippen molar-refractivity contribution in [3.8, 4) is 5.75 Å². The van der Waals surface area contributed by atoms with E-state index in [0.29, 0.717) is 22.4 Å². The van der Waals surface area contributed by atoms with Crippen LogP contribution in [0.5, 0.6) is 5.75 Å². The van der Waals surface area contributed by atoms with Crippen LogP contribution in [-0.4, -0.2) is 28.3 Å². The van der Waals surface area contributed by atoms with Crippen LogP contribution in [0.2, 0.25) is 0 Å². The van der Waals surface area contributed by atoms with E-state index in [9.17, 15) is 4.79 Å². The van der Waals surface area contributed by atoms with Crippen LogP contribution in [0.25, 0.3) is 6.08 Å². The number of thiocarbonyl (C=S) groups is 1. The molecule has 1 aliphatic rings. The molecule has 1 fully saturated rings. The second-order valence-corrected chi connectivity index (χ2v) is 7.20. The number of benzene rings is 1. The summed E-state index contributed by atoms with van der Waals surface area (Å²) in [6.07, 6.45) is 4.43. The fraction of sp³-hybridized carbons (Fsp3) is 0.250. The zero-order valence-corrected chi connectivity index (χ0v) is 15.4. The van der Waals surface area contributed by atoms with Gasteiger partial charge in [0.2, 0.25) is 0 Å². The second kappa shape index (κ2) is 7.94. The minimum absolute atomic E-state index is 0.0867. The highest BCUT2D eigenvalue weighted by atomic mass is 79.9. The Hall–Kier alpha value is -1.11. The smallest absolute Gasteiger partial charge is 0.266 e. The quantitative estimate of drug-likeness (QED) is 0.397.